The monoisotopic (exact) mass is 394 g/mol. The number of carbonyl (C=O) groups excluding carboxylic acids is 1. The molecule has 0 aliphatic heterocycles. The number of anilines is 5. The SMILES string of the molecule is Cc1cc(Nc2cccc(C(=O)Nc3cccc(Nc4ccccc4)c3)c2)ccn1. The Kier molecular flexibility index (Phi) is 5.71. The predicted octanol–water partition coefficient (Wildman–Crippen LogP) is 6.13. The Morgan fingerprint density at radius 1 is 0.667 bits per heavy atom. The molecule has 0 saturated heterocycles. The molecule has 0 aliphatic carbocycles. The molecule has 148 valence electrons. The fourth-order valence-electron chi connectivity index (χ4n) is 3.09. The van der Waals surface area contributed by atoms with Crippen molar-refractivity contribution in [3.63, 3.8) is 0 Å². The molecule has 0 bridgehead atoms. The van der Waals surface area contributed by atoms with Crippen LogP contribution in [0.2, 0.25) is 0 Å². The molecule has 0 spiro atoms. The first-order valence-corrected chi connectivity index (χ1v) is 9.69. The van der Waals surface area contributed by atoms with Crippen LogP contribution in [0, 0.1) is 6.92 Å². The van der Waals surface area contributed by atoms with Crippen LogP contribution >= 0.6 is 0 Å². The molecule has 0 fully saturated rings. The summed E-state index contributed by atoms with van der Waals surface area (Å²) in [5.41, 5.74) is 5.90. The minimum absolute atomic E-state index is 0.165. The molecule has 0 unspecified atom stereocenters. The lowest BCUT2D eigenvalue weighted by molar-refractivity contribution is 0.102. The van der Waals surface area contributed by atoms with E-state index < -0.39 is 0 Å². The van der Waals surface area contributed by atoms with E-state index in [1.165, 1.54) is 0 Å². The highest BCUT2D eigenvalue weighted by Gasteiger charge is 2.08. The normalized spacial score (nSPS) is 10.3. The molecule has 30 heavy (non-hydrogen) atoms. The van der Waals surface area contributed by atoms with Gasteiger partial charge in [0.25, 0.3) is 5.91 Å². The quantitative estimate of drug-likeness (QED) is 0.368. The van der Waals surface area contributed by atoms with Crippen LogP contribution < -0.4 is 16.0 Å². The van der Waals surface area contributed by atoms with Gasteiger partial charge < -0.3 is 16.0 Å². The van der Waals surface area contributed by atoms with Gasteiger partial charge in [-0.3, -0.25) is 9.78 Å². The number of amides is 1. The van der Waals surface area contributed by atoms with E-state index in [9.17, 15) is 4.79 Å². The minimum atomic E-state index is -0.165. The van der Waals surface area contributed by atoms with Crippen molar-refractivity contribution in [2.45, 2.75) is 6.92 Å². The zero-order valence-electron chi connectivity index (χ0n) is 16.6. The van der Waals surface area contributed by atoms with Crippen LogP contribution in [-0.4, -0.2) is 10.9 Å². The van der Waals surface area contributed by atoms with E-state index in [0.29, 0.717) is 5.56 Å². The Balaban J connectivity index is 1.46. The van der Waals surface area contributed by atoms with Crippen LogP contribution in [0.25, 0.3) is 0 Å². The van der Waals surface area contributed by atoms with Gasteiger partial charge in [-0.15, -0.1) is 0 Å². The number of nitrogens with zero attached hydrogens (tertiary/aromatic N) is 1. The second-order valence-electron chi connectivity index (χ2n) is 6.92. The van der Waals surface area contributed by atoms with Gasteiger partial charge >= 0.3 is 0 Å². The zero-order chi connectivity index (χ0) is 20.8. The van der Waals surface area contributed by atoms with Crippen LogP contribution in [0.5, 0.6) is 0 Å². The molecule has 4 rings (SSSR count). The molecular formula is C25H22N4O. The van der Waals surface area contributed by atoms with E-state index in [2.05, 4.69) is 20.9 Å². The highest BCUT2D eigenvalue weighted by Crippen LogP contribution is 2.22. The molecule has 1 heterocycles. The molecule has 0 atom stereocenters. The van der Waals surface area contributed by atoms with Gasteiger partial charge in [-0.05, 0) is 67.6 Å². The predicted molar refractivity (Wildman–Crippen MR) is 123 cm³/mol. The summed E-state index contributed by atoms with van der Waals surface area (Å²) in [5, 5.41) is 9.61. The first kappa shape index (κ1) is 19.2. The van der Waals surface area contributed by atoms with Gasteiger partial charge in [0.15, 0.2) is 0 Å². The van der Waals surface area contributed by atoms with Crippen molar-refractivity contribution in [2.24, 2.45) is 0 Å². The van der Waals surface area contributed by atoms with Crippen molar-refractivity contribution in [3.05, 3.63) is 108 Å². The number of aromatic nitrogens is 1. The molecular weight excluding hydrogens is 372 g/mol. The van der Waals surface area contributed by atoms with Gasteiger partial charge in [-0.1, -0.05) is 30.3 Å². The summed E-state index contributed by atoms with van der Waals surface area (Å²) >= 11 is 0. The Bertz CT molecular complexity index is 1160. The average molecular weight is 394 g/mol. The topological polar surface area (TPSA) is 66.1 Å². The van der Waals surface area contributed by atoms with Gasteiger partial charge in [0.05, 0.1) is 0 Å². The standard InChI is InChI=1S/C25H22N4O/c1-18-15-24(13-14-26-18)28-21-10-5-7-19(16-21)25(30)29-23-12-6-11-22(17-23)27-20-8-3-2-4-9-20/h2-17,27H,1H3,(H,26,28)(H,29,30). The van der Waals surface area contributed by atoms with Gasteiger partial charge in [0.2, 0.25) is 0 Å². The van der Waals surface area contributed by atoms with Gasteiger partial charge in [0, 0.05) is 45.9 Å². The van der Waals surface area contributed by atoms with Crippen molar-refractivity contribution in [3.8, 4) is 0 Å². The second kappa shape index (κ2) is 8.92. The number of carbonyl (C=O) groups is 1. The third-order valence-electron chi connectivity index (χ3n) is 4.49. The number of para-hydroxylation sites is 1. The Morgan fingerprint density at radius 2 is 1.30 bits per heavy atom. The van der Waals surface area contributed by atoms with Crippen LogP contribution in [-0.2, 0) is 0 Å². The third-order valence-corrected chi connectivity index (χ3v) is 4.49. The molecule has 4 aromatic rings. The first-order chi connectivity index (χ1) is 14.7. The first-order valence-electron chi connectivity index (χ1n) is 9.69. The van der Waals surface area contributed by atoms with Crippen molar-refractivity contribution >= 4 is 34.3 Å². The van der Waals surface area contributed by atoms with Crippen LogP contribution in [0.1, 0.15) is 16.1 Å². The zero-order valence-corrected chi connectivity index (χ0v) is 16.6. The van der Waals surface area contributed by atoms with Crippen LogP contribution in [0.4, 0.5) is 28.4 Å². The number of hydrogen-bond acceptors (Lipinski definition) is 4. The van der Waals surface area contributed by atoms with E-state index in [1.807, 2.05) is 91.9 Å². The molecule has 5 nitrogen and oxygen atoms in total. The van der Waals surface area contributed by atoms with E-state index in [0.717, 1.165) is 34.1 Å². The number of hydrogen-bond donors (Lipinski definition) is 3. The number of aryl methyl sites for hydroxylation is 1. The molecule has 1 amide bonds. The molecule has 1 aromatic heterocycles. The Hall–Kier alpha value is -4.12. The smallest absolute Gasteiger partial charge is 0.255 e. The maximum absolute atomic E-state index is 12.8. The number of benzene rings is 3. The summed E-state index contributed by atoms with van der Waals surface area (Å²) in [7, 11) is 0. The van der Waals surface area contributed by atoms with Crippen molar-refractivity contribution in [1.29, 1.82) is 0 Å². The van der Waals surface area contributed by atoms with Gasteiger partial charge in [-0.2, -0.15) is 0 Å². The average Bonchev–Trinajstić information content (AvgIpc) is 2.75. The molecule has 0 saturated carbocycles. The molecule has 3 aromatic carbocycles. The van der Waals surface area contributed by atoms with E-state index in [-0.39, 0.29) is 5.91 Å². The highest BCUT2D eigenvalue weighted by atomic mass is 16.1. The summed E-state index contributed by atoms with van der Waals surface area (Å²) in [6, 6.07) is 28.8. The van der Waals surface area contributed by atoms with Crippen molar-refractivity contribution in [1.82, 2.24) is 4.98 Å². The molecule has 3 N–H and O–H groups in total. The van der Waals surface area contributed by atoms with Gasteiger partial charge in [-0.25, -0.2) is 0 Å². The Morgan fingerprint density at radius 3 is 2.10 bits per heavy atom. The number of pyridine rings is 1. The maximum Gasteiger partial charge on any atom is 0.255 e. The van der Waals surface area contributed by atoms with Crippen molar-refractivity contribution in [2.75, 3.05) is 16.0 Å². The lowest BCUT2D eigenvalue weighted by atomic mass is 10.1. The van der Waals surface area contributed by atoms with E-state index in [1.54, 1.807) is 12.3 Å². The number of nitrogens with one attached hydrogen (secondary N) is 3. The largest absolute Gasteiger partial charge is 0.355 e. The summed E-state index contributed by atoms with van der Waals surface area (Å²) in [4.78, 5) is 17.0. The molecule has 0 aliphatic rings. The highest BCUT2D eigenvalue weighted by molar-refractivity contribution is 6.05. The minimum Gasteiger partial charge on any atom is -0.355 e. The van der Waals surface area contributed by atoms with Crippen LogP contribution in [0.15, 0.2) is 97.2 Å². The summed E-state index contributed by atoms with van der Waals surface area (Å²) < 4.78 is 0. The summed E-state index contributed by atoms with van der Waals surface area (Å²) in [6.45, 7) is 1.94. The fourth-order valence-corrected chi connectivity index (χ4v) is 3.09. The lowest BCUT2D eigenvalue weighted by Gasteiger charge is -2.11. The van der Waals surface area contributed by atoms with E-state index >= 15 is 0 Å². The summed E-state index contributed by atoms with van der Waals surface area (Å²) in [5.74, 6) is -0.165. The summed E-state index contributed by atoms with van der Waals surface area (Å²) in [6.07, 6.45) is 1.75. The van der Waals surface area contributed by atoms with Crippen LogP contribution in [0.3, 0.4) is 0 Å². The lowest BCUT2D eigenvalue weighted by Crippen LogP contribution is -2.12. The molecule has 0 radical (unpaired) electrons. The van der Waals surface area contributed by atoms with Crippen molar-refractivity contribution < 1.29 is 4.79 Å². The Labute approximate surface area is 175 Å². The van der Waals surface area contributed by atoms with Gasteiger partial charge in [0.1, 0.15) is 0 Å². The maximum atomic E-state index is 12.8. The van der Waals surface area contributed by atoms with E-state index in [4.69, 9.17) is 0 Å². The fraction of sp³-hybridized carbons (Fsp3) is 0.0400. The number of rotatable bonds is 6. The second-order valence-corrected chi connectivity index (χ2v) is 6.92. The third kappa shape index (κ3) is 5.02. The molecule has 5 heteroatoms.